The lowest BCUT2D eigenvalue weighted by Gasteiger charge is -2.29. The van der Waals surface area contributed by atoms with Crippen LogP contribution in [-0.4, -0.2) is 47.2 Å². The molecular formula is C24H34O7S2. The van der Waals surface area contributed by atoms with Crippen molar-refractivity contribution in [2.45, 2.75) is 68.3 Å². The summed E-state index contributed by atoms with van der Waals surface area (Å²) in [5, 5.41) is 0. The summed E-state index contributed by atoms with van der Waals surface area (Å²) in [7, 11) is -7.54. The van der Waals surface area contributed by atoms with E-state index in [9.17, 15) is 16.8 Å². The van der Waals surface area contributed by atoms with E-state index in [1.165, 1.54) is 26.0 Å². The maximum Gasteiger partial charge on any atom is 0.297 e. The van der Waals surface area contributed by atoms with Crippen molar-refractivity contribution in [2.75, 3.05) is 19.8 Å². The summed E-state index contributed by atoms with van der Waals surface area (Å²) in [4.78, 5) is -1.11. The van der Waals surface area contributed by atoms with Gasteiger partial charge in [0.05, 0.1) is 35.2 Å². The number of rotatable bonds is 12. The number of sulfone groups is 1. The summed E-state index contributed by atoms with van der Waals surface area (Å²) in [6.45, 7) is 10.5. The molecule has 0 spiro atoms. The summed E-state index contributed by atoms with van der Waals surface area (Å²) in [5.74, 6) is 0. The molecule has 0 amide bonds. The van der Waals surface area contributed by atoms with Crippen molar-refractivity contribution in [2.24, 2.45) is 0 Å². The molecule has 9 heteroatoms. The Bertz CT molecular complexity index is 1120. The molecule has 33 heavy (non-hydrogen) atoms. The van der Waals surface area contributed by atoms with Crippen LogP contribution in [0.4, 0.5) is 0 Å². The number of benzene rings is 2. The van der Waals surface area contributed by atoms with E-state index in [-0.39, 0.29) is 29.6 Å². The first kappa shape index (κ1) is 27.5. The molecule has 0 radical (unpaired) electrons. The molecule has 0 aliphatic rings. The number of hydrogen-bond donors (Lipinski definition) is 0. The molecule has 0 bridgehead atoms. The van der Waals surface area contributed by atoms with E-state index >= 15 is 0 Å². The van der Waals surface area contributed by atoms with Crippen LogP contribution < -0.4 is 0 Å². The third-order valence-corrected chi connectivity index (χ3v) is 8.89. The average Bonchev–Trinajstić information content (AvgIpc) is 2.71. The molecule has 2 aromatic carbocycles. The van der Waals surface area contributed by atoms with E-state index in [0.717, 1.165) is 11.1 Å². The highest BCUT2D eigenvalue weighted by Gasteiger charge is 2.37. The lowest BCUT2D eigenvalue weighted by Crippen LogP contribution is -2.37. The van der Waals surface area contributed by atoms with Gasteiger partial charge in [0.15, 0.2) is 4.93 Å². The van der Waals surface area contributed by atoms with Crippen molar-refractivity contribution in [3.05, 3.63) is 59.7 Å². The van der Waals surface area contributed by atoms with Gasteiger partial charge < -0.3 is 9.47 Å². The second kappa shape index (κ2) is 10.7. The first-order chi connectivity index (χ1) is 15.2. The zero-order chi connectivity index (χ0) is 24.9. The summed E-state index contributed by atoms with van der Waals surface area (Å²) < 4.78 is 66.9. The summed E-state index contributed by atoms with van der Waals surface area (Å²) in [6, 6.07) is 13.1. The van der Waals surface area contributed by atoms with Crippen molar-refractivity contribution in [1.82, 2.24) is 0 Å². The summed E-state index contributed by atoms with van der Waals surface area (Å²) in [6.07, 6.45) is 0.407. The topological polar surface area (TPSA) is 96.0 Å². The molecule has 0 aromatic heterocycles. The SMILES string of the molecule is Cc1ccc(S(=O)(=O)OCCOC(C)(C)CCOC(C)(C)S(=O)(=O)c2ccc(C)cc2)cc1. The van der Waals surface area contributed by atoms with Crippen molar-refractivity contribution >= 4 is 20.0 Å². The minimum atomic E-state index is -3.85. The van der Waals surface area contributed by atoms with Crippen molar-refractivity contribution in [3.8, 4) is 0 Å². The van der Waals surface area contributed by atoms with Crippen LogP contribution in [0.3, 0.4) is 0 Å². The first-order valence-corrected chi connectivity index (χ1v) is 13.6. The smallest absolute Gasteiger partial charge is 0.297 e. The molecule has 0 fully saturated rings. The lowest BCUT2D eigenvalue weighted by molar-refractivity contribution is -0.0599. The van der Waals surface area contributed by atoms with E-state index < -0.39 is 30.5 Å². The Morgan fingerprint density at radius 2 is 1.15 bits per heavy atom. The van der Waals surface area contributed by atoms with Crippen molar-refractivity contribution in [1.29, 1.82) is 0 Å². The number of ether oxygens (including phenoxy) is 2. The number of hydrogen-bond acceptors (Lipinski definition) is 7. The first-order valence-electron chi connectivity index (χ1n) is 10.7. The van der Waals surface area contributed by atoms with E-state index in [1.807, 2.05) is 27.7 Å². The Hall–Kier alpha value is -1.78. The predicted molar refractivity (Wildman–Crippen MR) is 127 cm³/mol. The van der Waals surface area contributed by atoms with Crippen LogP contribution in [0.25, 0.3) is 0 Å². The van der Waals surface area contributed by atoms with Crippen LogP contribution in [0.2, 0.25) is 0 Å². The molecule has 0 aliphatic carbocycles. The quantitative estimate of drug-likeness (QED) is 0.316. The van der Waals surface area contributed by atoms with Crippen LogP contribution in [0.1, 0.15) is 45.2 Å². The minimum Gasteiger partial charge on any atom is -0.373 e. The average molecular weight is 499 g/mol. The third-order valence-electron chi connectivity index (χ3n) is 5.26. The van der Waals surface area contributed by atoms with Gasteiger partial charge in [0.25, 0.3) is 10.1 Å². The Balaban J connectivity index is 1.83. The van der Waals surface area contributed by atoms with Gasteiger partial charge in [0.2, 0.25) is 9.84 Å². The fourth-order valence-electron chi connectivity index (χ4n) is 2.93. The zero-order valence-corrected chi connectivity index (χ0v) is 21.8. The molecule has 2 aromatic rings. The van der Waals surface area contributed by atoms with Crippen LogP contribution in [-0.2, 0) is 33.6 Å². The molecule has 0 aliphatic heterocycles. The van der Waals surface area contributed by atoms with Gasteiger partial charge in [0.1, 0.15) is 0 Å². The van der Waals surface area contributed by atoms with Gasteiger partial charge in [-0.25, -0.2) is 8.42 Å². The molecule has 0 heterocycles. The Morgan fingerprint density at radius 3 is 1.67 bits per heavy atom. The fraction of sp³-hybridized carbons (Fsp3) is 0.500. The molecule has 0 saturated heterocycles. The lowest BCUT2D eigenvalue weighted by atomic mass is 10.1. The molecule has 0 N–H and O–H groups in total. The normalized spacial score (nSPS) is 13.3. The van der Waals surface area contributed by atoms with Crippen molar-refractivity contribution < 1.29 is 30.5 Å². The maximum absolute atomic E-state index is 12.9. The Morgan fingerprint density at radius 1 is 0.667 bits per heavy atom. The predicted octanol–water partition coefficient (Wildman–Crippen LogP) is 4.42. The largest absolute Gasteiger partial charge is 0.373 e. The molecule has 2 rings (SSSR count). The highest BCUT2D eigenvalue weighted by Crippen LogP contribution is 2.28. The molecule has 184 valence electrons. The minimum absolute atomic E-state index is 0.0587. The van der Waals surface area contributed by atoms with Gasteiger partial charge in [-0.1, -0.05) is 35.4 Å². The van der Waals surface area contributed by atoms with Gasteiger partial charge >= 0.3 is 0 Å². The zero-order valence-electron chi connectivity index (χ0n) is 20.1. The summed E-state index contributed by atoms with van der Waals surface area (Å²) >= 11 is 0. The monoisotopic (exact) mass is 498 g/mol. The highest BCUT2D eigenvalue weighted by molar-refractivity contribution is 7.92. The van der Waals surface area contributed by atoms with Gasteiger partial charge in [-0.3, -0.25) is 4.18 Å². The molecule has 0 unspecified atom stereocenters. The van der Waals surface area contributed by atoms with Crippen LogP contribution in [0.5, 0.6) is 0 Å². The molecule has 0 saturated carbocycles. The fourth-order valence-corrected chi connectivity index (χ4v) is 5.12. The van der Waals surface area contributed by atoms with Gasteiger partial charge in [-0.15, -0.1) is 0 Å². The Labute approximate surface area is 198 Å². The Kier molecular flexibility index (Phi) is 8.86. The number of aryl methyl sites for hydroxylation is 2. The highest BCUT2D eigenvalue weighted by atomic mass is 32.2. The second-order valence-corrected chi connectivity index (χ2v) is 13.1. The summed E-state index contributed by atoms with van der Waals surface area (Å²) in [5.41, 5.74) is 1.26. The molecule has 7 nitrogen and oxygen atoms in total. The van der Waals surface area contributed by atoms with E-state index in [4.69, 9.17) is 13.7 Å². The van der Waals surface area contributed by atoms with Gasteiger partial charge in [0, 0.05) is 0 Å². The van der Waals surface area contributed by atoms with Crippen LogP contribution in [0, 0.1) is 13.8 Å². The van der Waals surface area contributed by atoms with Gasteiger partial charge in [-0.2, -0.15) is 8.42 Å². The van der Waals surface area contributed by atoms with Crippen molar-refractivity contribution in [3.63, 3.8) is 0 Å². The van der Waals surface area contributed by atoms with E-state index in [0.29, 0.717) is 6.42 Å². The van der Waals surface area contributed by atoms with Gasteiger partial charge in [-0.05, 0) is 72.2 Å². The van der Waals surface area contributed by atoms with Crippen LogP contribution in [0.15, 0.2) is 58.3 Å². The standard InChI is InChI=1S/C24H34O7S2/c1-19-7-11-21(12-8-19)32(25,26)24(5,6)30-16-15-23(3,4)29-17-18-31-33(27,28)22-13-9-20(2)10-14-22/h7-14H,15-18H2,1-6H3. The van der Waals surface area contributed by atoms with E-state index in [2.05, 4.69) is 0 Å². The third kappa shape index (κ3) is 7.61. The molecular weight excluding hydrogens is 464 g/mol. The second-order valence-electron chi connectivity index (χ2n) is 9.01. The molecule has 0 atom stereocenters. The van der Waals surface area contributed by atoms with Crippen LogP contribution >= 0.6 is 0 Å². The maximum atomic E-state index is 12.9. The van der Waals surface area contributed by atoms with E-state index in [1.54, 1.807) is 36.4 Å².